The van der Waals surface area contributed by atoms with Gasteiger partial charge >= 0.3 is 0 Å². The van der Waals surface area contributed by atoms with Gasteiger partial charge in [0.15, 0.2) is 0 Å². The summed E-state index contributed by atoms with van der Waals surface area (Å²) in [6.45, 7) is 12.4. The Bertz CT molecular complexity index is 962. The van der Waals surface area contributed by atoms with E-state index in [0.29, 0.717) is 31.8 Å². The number of rotatable bonds is 10. The molecule has 0 bridgehead atoms. The maximum Gasteiger partial charge on any atom is 0.123 e. The third-order valence-electron chi connectivity index (χ3n) is 8.44. The van der Waals surface area contributed by atoms with Gasteiger partial charge in [0.2, 0.25) is 0 Å². The fourth-order valence-corrected chi connectivity index (χ4v) is 5.64. The van der Waals surface area contributed by atoms with Crippen molar-refractivity contribution in [3.05, 3.63) is 60.4 Å². The third kappa shape index (κ3) is 6.95. The minimum atomic E-state index is -1.02. The first-order valence-electron chi connectivity index (χ1n) is 14.0. The average Bonchev–Trinajstić information content (AvgIpc) is 2.92. The summed E-state index contributed by atoms with van der Waals surface area (Å²) >= 11 is 0. The number of nitrogens with zero attached hydrogens (tertiary/aromatic N) is 3. The number of halogens is 1. The van der Waals surface area contributed by atoms with Gasteiger partial charge in [-0.2, -0.15) is 0 Å². The zero-order valence-electron chi connectivity index (χ0n) is 22.3. The highest BCUT2D eigenvalue weighted by Crippen LogP contribution is 2.28. The molecule has 1 N–H and O–H groups in total. The van der Waals surface area contributed by atoms with Gasteiger partial charge in [0.05, 0.1) is 6.10 Å². The number of aliphatic hydroxyl groups is 1. The molecule has 2 saturated heterocycles. The van der Waals surface area contributed by atoms with Crippen LogP contribution in [0.4, 0.5) is 4.39 Å². The first kappa shape index (κ1) is 26.8. The number of pyridine rings is 1. The second kappa shape index (κ2) is 12.3. The van der Waals surface area contributed by atoms with Crippen molar-refractivity contribution < 1.29 is 9.50 Å². The third-order valence-corrected chi connectivity index (χ3v) is 8.44. The largest absolute Gasteiger partial charge is 0.391 e. The predicted molar refractivity (Wildman–Crippen MR) is 147 cm³/mol. The fraction of sp³-hybridized carbons (Fsp3) is 0.581. The molecule has 2 aliphatic heterocycles. The number of piperidine rings is 2. The molecule has 4 rings (SSSR count). The van der Waals surface area contributed by atoms with E-state index in [4.69, 9.17) is 4.98 Å². The van der Waals surface area contributed by atoms with Crippen LogP contribution in [-0.2, 0) is 6.42 Å². The summed E-state index contributed by atoms with van der Waals surface area (Å²) in [6, 6.07) is 12.8. The average molecular weight is 494 g/mol. The standard InChI is InChI=1S/C31H44FN3O/c1-4-31(32,5-2)23-34-19-16-25(17-20-34)8-14-29-15-13-28(21-33-29)27-11-9-26(10-12-27)24(3)35-18-6-7-30(36)22-35/h9-13,15,21,25,30,36H,3-8,14,16-20,22-23H2,1-2H3. The predicted octanol–water partition coefficient (Wildman–Crippen LogP) is 6.35. The minimum absolute atomic E-state index is 0.254. The Morgan fingerprint density at radius 3 is 2.33 bits per heavy atom. The zero-order chi connectivity index (χ0) is 25.5. The maximum atomic E-state index is 14.7. The van der Waals surface area contributed by atoms with Crippen molar-refractivity contribution in [2.45, 2.75) is 77.0 Å². The molecule has 2 aromatic rings. The van der Waals surface area contributed by atoms with E-state index < -0.39 is 5.67 Å². The van der Waals surface area contributed by atoms with Gasteiger partial charge in [0.25, 0.3) is 0 Å². The number of hydrogen-bond acceptors (Lipinski definition) is 4. The second-order valence-corrected chi connectivity index (χ2v) is 10.9. The van der Waals surface area contributed by atoms with Crippen LogP contribution in [0.15, 0.2) is 49.2 Å². The lowest BCUT2D eigenvalue weighted by Crippen LogP contribution is -2.43. The summed E-state index contributed by atoms with van der Waals surface area (Å²) < 4.78 is 14.7. The van der Waals surface area contributed by atoms with E-state index in [0.717, 1.165) is 86.2 Å². The van der Waals surface area contributed by atoms with E-state index in [-0.39, 0.29) is 6.10 Å². The summed E-state index contributed by atoms with van der Waals surface area (Å²) in [6.07, 6.45) is 9.31. The fourth-order valence-electron chi connectivity index (χ4n) is 5.64. The quantitative estimate of drug-likeness (QED) is 0.419. The summed E-state index contributed by atoms with van der Waals surface area (Å²) in [5.41, 5.74) is 4.49. The number of aliphatic hydroxyl groups excluding tert-OH is 1. The molecule has 0 saturated carbocycles. The number of hydrogen-bond donors (Lipinski definition) is 1. The van der Waals surface area contributed by atoms with Crippen LogP contribution in [0.3, 0.4) is 0 Å². The van der Waals surface area contributed by atoms with Gasteiger partial charge in [0.1, 0.15) is 5.67 Å². The van der Waals surface area contributed by atoms with Gasteiger partial charge in [-0.15, -0.1) is 0 Å². The van der Waals surface area contributed by atoms with E-state index in [1.54, 1.807) is 0 Å². The van der Waals surface area contributed by atoms with Crippen LogP contribution in [0, 0.1) is 5.92 Å². The van der Waals surface area contributed by atoms with Gasteiger partial charge in [-0.3, -0.25) is 4.98 Å². The summed E-state index contributed by atoms with van der Waals surface area (Å²) in [5.74, 6) is 0.710. The first-order chi connectivity index (χ1) is 17.4. The van der Waals surface area contributed by atoms with E-state index >= 15 is 0 Å². The zero-order valence-corrected chi connectivity index (χ0v) is 22.3. The highest BCUT2D eigenvalue weighted by Gasteiger charge is 2.30. The summed E-state index contributed by atoms with van der Waals surface area (Å²) in [5, 5.41) is 9.96. The molecular weight excluding hydrogens is 449 g/mol. The lowest BCUT2D eigenvalue weighted by atomic mass is 9.90. The number of alkyl halides is 1. The van der Waals surface area contributed by atoms with Crippen molar-refractivity contribution in [1.82, 2.24) is 14.8 Å². The minimum Gasteiger partial charge on any atom is -0.391 e. The number of β-amino-alcohol motifs (C(OH)–C–C–N with tert-alkyl or cyclic N) is 1. The molecule has 2 fully saturated rings. The highest BCUT2D eigenvalue weighted by atomic mass is 19.1. The van der Waals surface area contributed by atoms with Crippen molar-refractivity contribution in [2.75, 3.05) is 32.7 Å². The Balaban J connectivity index is 1.24. The number of aryl methyl sites for hydroxylation is 1. The SMILES string of the molecule is C=C(c1ccc(-c2ccc(CCC3CCN(CC(F)(CC)CC)CC3)nc2)cc1)N1CCCC(O)C1. The monoisotopic (exact) mass is 493 g/mol. The molecule has 1 aromatic heterocycles. The lowest BCUT2D eigenvalue weighted by molar-refractivity contribution is 0.0628. The topological polar surface area (TPSA) is 39.6 Å². The van der Waals surface area contributed by atoms with Crippen LogP contribution in [-0.4, -0.2) is 64.4 Å². The Hall–Kier alpha value is -2.24. The molecule has 0 amide bonds. The molecule has 1 aromatic carbocycles. The molecular formula is C31H44FN3O. The van der Waals surface area contributed by atoms with E-state index in [2.05, 4.69) is 52.8 Å². The smallest absolute Gasteiger partial charge is 0.123 e. The number of likely N-dealkylation sites (tertiary alicyclic amines) is 2. The molecule has 36 heavy (non-hydrogen) atoms. The van der Waals surface area contributed by atoms with Crippen molar-refractivity contribution in [2.24, 2.45) is 5.92 Å². The summed E-state index contributed by atoms with van der Waals surface area (Å²) in [7, 11) is 0. The molecule has 3 heterocycles. The lowest BCUT2D eigenvalue weighted by Gasteiger charge is -2.36. The molecule has 1 unspecified atom stereocenters. The van der Waals surface area contributed by atoms with E-state index in [1.165, 1.54) is 0 Å². The van der Waals surface area contributed by atoms with Crippen LogP contribution < -0.4 is 0 Å². The first-order valence-corrected chi connectivity index (χ1v) is 14.0. The number of benzene rings is 1. The molecule has 5 heteroatoms. The highest BCUT2D eigenvalue weighted by molar-refractivity contribution is 5.68. The Morgan fingerprint density at radius 2 is 1.72 bits per heavy atom. The normalized spacial score (nSPS) is 20.0. The molecule has 0 radical (unpaired) electrons. The Kier molecular flexibility index (Phi) is 9.19. The van der Waals surface area contributed by atoms with Crippen molar-refractivity contribution in [1.29, 1.82) is 0 Å². The van der Waals surface area contributed by atoms with Crippen LogP contribution in [0.5, 0.6) is 0 Å². The molecule has 4 nitrogen and oxygen atoms in total. The van der Waals surface area contributed by atoms with Gasteiger partial charge in [-0.05, 0) is 87.6 Å². The van der Waals surface area contributed by atoms with Gasteiger partial charge in [-0.1, -0.05) is 50.8 Å². The van der Waals surface area contributed by atoms with Gasteiger partial charge in [-0.25, -0.2) is 4.39 Å². The molecule has 0 spiro atoms. The Morgan fingerprint density at radius 1 is 1.03 bits per heavy atom. The van der Waals surface area contributed by atoms with Crippen LogP contribution in [0.25, 0.3) is 16.8 Å². The number of aromatic nitrogens is 1. The van der Waals surface area contributed by atoms with E-state index in [9.17, 15) is 9.50 Å². The van der Waals surface area contributed by atoms with Crippen LogP contribution >= 0.6 is 0 Å². The molecule has 2 aliphatic rings. The molecule has 196 valence electrons. The van der Waals surface area contributed by atoms with Crippen molar-refractivity contribution in [3.8, 4) is 11.1 Å². The van der Waals surface area contributed by atoms with Crippen LogP contribution in [0.1, 0.15) is 70.1 Å². The second-order valence-electron chi connectivity index (χ2n) is 10.9. The maximum absolute atomic E-state index is 14.7. The summed E-state index contributed by atoms with van der Waals surface area (Å²) in [4.78, 5) is 9.27. The van der Waals surface area contributed by atoms with Crippen molar-refractivity contribution in [3.63, 3.8) is 0 Å². The molecule has 1 atom stereocenters. The van der Waals surface area contributed by atoms with Crippen molar-refractivity contribution >= 4 is 5.70 Å². The Labute approximate surface area is 217 Å². The molecule has 0 aliphatic carbocycles. The van der Waals surface area contributed by atoms with E-state index in [1.807, 2.05) is 20.0 Å². The van der Waals surface area contributed by atoms with Crippen LogP contribution in [0.2, 0.25) is 0 Å². The van der Waals surface area contributed by atoms with Gasteiger partial charge in [0, 0.05) is 42.8 Å². The van der Waals surface area contributed by atoms with Gasteiger partial charge < -0.3 is 14.9 Å².